The van der Waals surface area contributed by atoms with E-state index in [0.29, 0.717) is 29.6 Å². The number of nitrogens with zero attached hydrogens (tertiary/aromatic N) is 4. The number of alkyl halides is 2. The van der Waals surface area contributed by atoms with Gasteiger partial charge in [-0.1, -0.05) is 28.9 Å². The van der Waals surface area contributed by atoms with Gasteiger partial charge in [0.05, 0.1) is 13.3 Å². The van der Waals surface area contributed by atoms with E-state index in [-0.39, 0.29) is 52.1 Å². The van der Waals surface area contributed by atoms with Crippen LogP contribution in [0.3, 0.4) is 0 Å². The molecule has 1 aliphatic heterocycles. The monoisotopic (exact) mass is 591 g/mol. The average Bonchev–Trinajstić information content (AvgIpc) is 3.72. The van der Waals surface area contributed by atoms with Crippen molar-refractivity contribution in [2.24, 2.45) is 5.92 Å². The Morgan fingerprint density at radius 2 is 2.02 bits per heavy atom. The van der Waals surface area contributed by atoms with Gasteiger partial charge < -0.3 is 9.64 Å². The lowest BCUT2D eigenvalue weighted by Gasteiger charge is -2.23. The smallest absolute Gasteiger partial charge is 0.280 e. The average molecular weight is 592 g/mol. The molecule has 0 saturated heterocycles. The van der Waals surface area contributed by atoms with Crippen LogP contribution in [0.1, 0.15) is 66.5 Å². The van der Waals surface area contributed by atoms with Crippen molar-refractivity contribution in [2.75, 3.05) is 23.9 Å². The van der Waals surface area contributed by atoms with Crippen molar-refractivity contribution < 1.29 is 27.9 Å². The molecule has 3 aromatic rings. The molecule has 216 valence electrons. The SMILES string of the molecule is COc1cnc(C(F)F)cc1-c1cc(N2CCC=C(CC(C)=O)CC2=O)ccc1C(=O)Nc1nnc(C#CC2CC2)s1. The van der Waals surface area contributed by atoms with Gasteiger partial charge in [-0.3, -0.25) is 24.7 Å². The van der Waals surface area contributed by atoms with Crippen molar-refractivity contribution in [1.82, 2.24) is 15.2 Å². The summed E-state index contributed by atoms with van der Waals surface area (Å²) >= 11 is 1.13. The fourth-order valence-corrected chi connectivity index (χ4v) is 5.16. The van der Waals surface area contributed by atoms with Gasteiger partial charge in [0.2, 0.25) is 11.0 Å². The summed E-state index contributed by atoms with van der Waals surface area (Å²) in [4.78, 5) is 43.7. The number of rotatable bonds is 8. The molecule has 0 bridgehead atoms. The predicted molar refractivity (Wildman–Crippen MR) is 154 cm³/mol. The number of anilines is 2. The maximum atomic E-state index is 13.7. The van der Waals surface area contributed by atoms with E-state index in [2.05, 4.69) is 32.3 Å². The molecule has 2 aromatic heterocycles. The molecule has 2 aliphatic rings. The molecule has 1 aliphatic carbocycles. The molecular weight excluding hydrogens is 564 g/mol. The van der Waals surface area contributed by atoms with E-state index in [9.17, 15) is 23.2 Å². The van der Waals surface area contributed by atoms with Crippen molar-refractivity contribution in [3.05, 3.63) is 58.4 Å². The van der Waals surface area contributed by atoms with Gasteiger partial charge >= 0.3 is 0 Å². The summed E-state index contributed by atoms with van der Waals surface area (Å²) in [6, 6.07) is 5.93. The number of nitrogens with one attached hydrogen (secondary N) is 1. The highest BCUT2D eigenvalue weighted by Crippen LogP contribution is 2.38. The minimum absolute atomic E-state index is 0.0303. The minimum Gasteiger partial charge on any atom is -0.494 e. The van der Waals surface area contributed by atoms with Crippen LogP contribution >= 0.6 is 11.3 Å². The Balaban J connectivity index is 1.51. The van der Waals surface area contributed by atoms with Gasteiger partial charge in [0.25, 0.3) is 12.3 Å². The van der Waals surface area contributed by atoms with Crippen LogP contribution in [0.2, 0.25) is 0 Å². The molecule has 0 radical (unpaired) electrons. The molecule has 5 rings (SSSR count). The third-order valence-corrected chi connectivity index (χ3v) is 7.48. The van der Waals surface area contributed by atoms with Crippen molar-refractivity contribution in [3.63, 3.8) is 0 Å². The second-order valence-corrected chi connectivity index (χ2v) is 11.0. The number of ketones is 1. The highest BCUT2D eigenvalue weighted by Gasteiger charge is 2.25. The molecule has 1 N–H and O–H groups in total. The van der Waals surface area contributed by atoms with Crippen LogP contribution in [0, 0.1) is 17.8 Å². The normalized spacial score (nSPS) is 15.0. The van der Waals surface area contributed by atoms with Gasteiger partial charge in [0, 0.05) is 47.7 Å². The molecule has 1 saturated carbocycles. The number of ether oxygens (including phenoxy) is 1. The zero-order valence-corrected chi connectivity index (χ0v) is 23.8. The summed E-state index contributed by atoms with van der Waals surface area (Å²) in [6.07, 6.45) is 3.16. The summed E-state index contributed by atoms with van der Waals surface area (Å²) in [6.45, 7) is 1.82. The number of amides is 2. The first-order valence-corrected chi connectivity index (χ1v) is 14.1. The number of carbonyl (C=O) groups excluding carboxylic acids is 3. The highest BCUT2D eigenvalue weighted by atomic mass is 32.1. The van der Waals surface area contributed by atoms with Crippen molar-refractivity contribution >= 4 is 39.8 Å². The first-order valence-electron chi connectivity index (χ1n) is 13.3. The quantitative estimate of drug-likeness (QED) is 0.268. The number of hydrogen-bond acceptors (Lipinski definition) is 8. The maximum absolute atomic E-state index is 13.7. The van der Waals surface area contributed by atoms with E-state index in [1.807, 2.05) is 6.08 Å². The molecule has 12 heteroatoms. The lowest BCUT2D eigenvalue weighted by Crippen LogP contribution is -2.30. The number of pyridine rings is 1. The number of hydrogen-bond donors (Lipinski definition) is 1. The van der Waals surface area contributed by atoms with Crippen LogP contribution in [0.15, 0.2) is 42.1 Å². The van der Waals surface area contributed by atoms with Crippen molar-refractivity contribution in [3.8, 4) is 28.7 Å². The highest BCUT2D eigenvalue weighted by molar-refractivity contribution is 7.15. The topological polar surface area (TPSA) is 114 Å². The lowest BCUT2D eigenvalue weighted by atomic mass is 9.97. The third kappa shape index (κ3) is 6.86. The fourth-order valence-electron chi connectivity index (χ4n) is 4.56. The Labute approximate surface area is 245 Å². The van der Waals surface area contributed by atoms with Crippen LogP contribution in [-0.4, -0.2) is 46.4 Å². The second kappa shape index (κ2) is 12.6. The number of Topliss-reactive ketones (excluding diaryl/α,β-unsaturated/α-hetero) is 1. The van der Waals surface area contributed by atoms with E-state index in [0.717, 1.165) is 29.8 Å². The molecule has 1 fully saturated rings. The Bertz CT molecular complexity index is 1640. The Kier molecular flexibility index (Phi) is 8.68. The lowest BCUT2D eigenvalue weighted by molar-refractivity contribution is -0.118. The summed E-state index contributed by atoms with van der Waals surface area (Å²) in [7, 11) is 1.37. The first-order chi connectivity index (χ1) is 20.2. The maximum Gasteiger partial charge on any atom is 0.280 e. The predicted octanol–water partition coefficient (Wildman–Crippen LogP) is 5.59. The van der Waals surface area contributed by atoms with Gasteiger partial charge in [-0.05, 0) is 56.4 Å². The van der Waals surface area contributed by atoms with E-state index < -0.39 is 18.0 Å². The molecule has 0 unspecified atom stereocenters. The second-order valence-electron chi connectivity index (χ2n) is 10.0. The number of halogens is 2. The molecule has 3 heterocycles. The van der Waals surface area contributed by atoms with Gasteiger partial charge in [-0.25, -0.2) is 8.78 Å². The van der Waals surface area contributed by atoms with Crippen LogP contribution in [-0.2, 0) is 9.59 Å². The van der Waals surface area contributed by atoms with E-state index in [1.165, 1.54) is 32.4 Å². The molecule has 0 atom stereocenters. The van der Waals surface area contributed by atoms with Gasteiger partial charge in [-0.2, -0.15) is 0 Å². The molecule has 9 nitrogen and oxygen atoms in total. The zero-order chi connectivity index (χ0) is 29.8. The van der Waals surface area contributed by atoms with E-state index in [4.69, 9.17) is 4.74 Å². The van der Waals surface area contributed by atoms with Crippen LogP contribution in [0.4, 0.5) is 19.6 Å². The van der Waals surface area contributed by atoms with Gasteiger partial charge in [-0.15, -0.1) is 10.2 Å². The fraction of sp³-hybridized carbons (Fsp3) is 0.333. The van der Waals surface area contributed by atoms with Gasteiger partial charge in [0.15, 0.2) is 5.01 Å². The van der Waals surface area contributed by atoms with Crippen LogP contribution in [0.25, 0.3) is 11.1 Å². The zero-order valence-electron chi connectivity index (χ0n) is 22.9. The number of carbonyl (C=O) groups is 3. The standard InChI is InChI=1S/C30H27F2N5O4S/c1-17(38)12-19-4-3-11-37(27(39)13-19)20-8-9-21(22(14-20)23-15-24(28(31)32)33-16-25(23)41-2)29(40)34-30-36-35-26(42-30)10-7-18-5-6-18/h4,8-9,14-16,18,28H,3,5-6,11-13H2,1-2H3,(H,34,36,40). The third-order valence-electron chi connectivity index (χ3n) is 6.73. The van der Waals surface area contributed by atoms with Crippen molar-refractivity contribution in [2.45, 2.75) is 45.5 Å². The summed E-state index contributed by atoms with van der Waals surface area (Å²) in [5, 5.41) is 11.5. The molecule has 42 heavy (non-hydrogen) atoms. The van der Waals surface area contributed by atoms with Gasteiger partial charge in [0.1, 0.15) is 17.2 Å². The summed E-state index contributed by atoms with van der Waals surface area (Å²) in [5.41, 5.74) is 1.34. The van der Waals surface area contributed by atoms with Crippen molar-refractivity contribution in [1.29, 1.82) is 0 Å². The number of aromatic nitrogens is 3. The Hall–Kier alpha value is -4.50. The summed E-state index contributed by atoms with van der Waals surface area (Å²) < 4.78 is 32.8. The summed E-state index contributed by atoms with van der Waals surface area (Å²) in [5.74, 6) is 5.82. The molecular formula is C30H27F2N5O4S. The molecule has 1 aromatic carbocycles. The minimum atomic E-state index is -2.86. The van der Waals surface area contributed by atoms with E-state index in [1.54, 1.807) is 17.0 Å². The molecule has 2 amide bonds. The first kappa shape index (κ1) is 29.0. The Morgan fingerprint density at radius 3 is 2.74 bits per heavy atom. The number of benzene rings is 1. The van der Waals surface area contributed by atoms with Crippen LogP contribution < -0.4 is 15.0 Å². The largest absolute Gasteiger partial charge is 0.494 e. The Morgan fingerprint density at radius 1 is 1.21 bits per heavy atom. The molecule has 0 spiro atoms. The number of methoxy groups -OCH3 is 1. The van der Waals surface area contributed by atoms with E-state index >= 15 is 0 Å². The van der Waals surface area contributed by atoms with Crippen LogP contribution in [0.5, 0.6) is 5.75 Å².